The van der Waals surface area contributed by atoms with E-state index in [2.05, 4.69) is 11.2 Å². The Kier molecular flexibility index (Phi) is 2.52. The van der Waals surface area contributed by atoms with Crippen molar-refractivity contribution in [3.05, 3.63) is 6.66 Å². The zero-order valence-corrected chi connectivity index (χ0v) is 4.02. The Hall–Kier alpha value is 0.190. The molecule has 0 aromatic rings. The minimum Gasteiger partial charge on any atom is -0.334 e. The summed E-state index contributed by atoms with van der Waals surface area (Å²) in [7, 11) is -0.505. The largest absolute Gasteiger partial charge is 0.334 e. The van der Waals surface area contributed by atoms with Gasteiger partial charge in [0, 0.05) is 13.8 Å². The second kappa shape index (κ2) is 2.43. The molecule has 0 amide bonds. The van der Waals surface area contributed by atoms with E-state index >= 15 is 0 Å². The molecule has 1 unspecified atom stereocenters. The molecule has 0 N–H and O–H groups in total. The van der Waals surface area contributed by atoms with Crippen LogP contribution in [0.5, 0.6) is 0 Å². The summed E-state index contributed by atoms with van der Waals surface area (Å²) in [6, 6.07) is 0. The fourth-order valence-electron chi connectivity index (χ4n) is 0. The fourth-order valence-corrected chi connectivity index (χ4v) is 0. The maximum atomic E-state index is 9.66. The number of rotatable bonds is 1. The molecule has 2 nitrogen and oxygen atoms in total. The highest BCUT2D eigenvalue weighted by Gasteiger charge is 1.72. The van der Waals surface area contributed by atoms with E-state index in [0.29, 0.717) is 0 Å². The molecule has 0 heterocycles. The molecule has 1 radical (unpaired) electrons. The third kappa shape index (κ3) is 4.19. The summed E-state index contributed by atoms with van der Waals surface area (Å²) in [5.41, 5.74) is 0. The normalized spacial score (nSPS) is 14.8. The Labute approximate surface area is 32.0 Å². The Morgan fingerprint density at radius 3 is 2.20 bits per heavy atom. The van der Waals surface area contributed by atoms with E-state index in [-0.39, 0.29) is 0 Å². The van der Waals surface area contributed by atoms with Gasteiger partial charge in [0.15, 0.2) is 8.03 Å². The Morgan fingerprint density at radius 2 is 2.20 bits per heavy atom. The molecule has 5 heavy (non-hydrogen) atoms. The zero-order chi connectivity index (χ0) is 4.28. The molecular formula is C2H6O2P. The molecule has 3 heteroatoms. The van der Waals surface area contributed by atoms with Gasteiger partial charge in [0.1, 0.15) is 0 Å². The van der Waals surface area contributed by atoms with E-state index in [0.717, 1.165) is 0 Å². The van der Waals surface area contributed by atoms with Gasteiger partial charge in [-0.1, -0.05) is 0 Å². The Balaban J connectivity index is 2.85. The first-order valence-corrected chi connectivity index (χ1v) is 2.69. The van der Waals surface area contributed by atoms with Gasteiger partial charge in [0.05, 0.1) is 0 Å². The van der Waals surface area contributed by atoms with Gasteiger partial charge in [-0.3, -0.25) is 4.57 Å². The third-order valence-corrected chi connectivity index (χ3v) is 0.683. The molecule has 0 saturated heterocycles. The minimum atomic E-state index is -1.87. The first kappa shape index (κ1) is 5.19. The third-order valence-electron chi connectivity index (χ3n) is 0.228. The molecule has 0 fully saturated rings. The van der Waals surface area contributed by atoms with Crippen LogP contribution >= 0.6 is 8.03 Å². The van der Waals surface area contributed by atoms with Gasteiger partial charge < -0.3 is 4.52 Å². The van der Waals surface area contributed by atoms with Crippen molar-refractivity contribution in [3.8, 4) is 0 Å². The van der Waals surface area contributed by atoms with Crippen LogP contribution in [0.3, 0.4) is 0 Å². The van der Waals surface area contributed by atoms with Crippen molar-refractivity contribution >= 4 is 8.03 Å². The van der Waals surface area contributed by atoms with Crippen LogP contribution in [0.2, 0.25) is 0 Å². The van der Waals surface area contributed by atoms with Gasteiger partial charge >= 0.3 is 0 Å². The van der Waals surface area contributed by atoms with Crippen molar-refractivity contribution in [2.75, 3.05) is 7.11 Å². The highest BCUT2D eigenvalue weighted by atomic mass is 31.1. The smallest absolute Gasteiger partial charge is 0.191 e. The van der Waals surface area contributed by atoms with Crippen molar-refractivity contribution in [2.45, 2.75) is 0 Å². The lowest BCUT2D eigenvalue weighted by Crippen LogP contribution is -1.53. The van der Waals surface area contributed by atoms with E-state index in [1.807, 2.05) is 0 Å². The molecule has 0 aliphatic heterocycles. The SMILES string of the molecule is [CH2][PH](=O)OC. The maximum absolute atomic E-state index is 9.66. The van der Waals surface area contributed by atoms with Crippen molar-refractivity contribution in [1.29, 1.82) is 0 Å². The lowest BCUT2D eigenvalue weighted by atomic mass is 11.8. The standard InChI is InChI=1S/C2H6O2P/c1-4-5(2)3/h5H,2H2,1H3. The highest BCUT2D eigenvalue weighted by Crippen LogP contribution is 2.14. The van der Waals surface area contributed by atoms with E-state index in [1.165, 1.54) is 7.11 Å². The predicted octanol–water partition coefficient (Wildman–Crippen LogP) is 0.899. The summed E-state index contributed by atoms with van der Waals surface area (Å²) in [4.78, 5) is 0. The number of hydrogen-bond donors (Lipinski definition) is 0. The van der Waals surface area contributed by atoms with Crippen molar-refractivity contribution in [1.82, 2.24) is 0 Å². The lowest BCUT2D eigenvalue weighted by Gasteiger charge is -1.79. The lowest BCUT2D eigenvalue weighted by molar-refractivity contribution is 0.422. The van der Waals surface area contributed by atoms with Crippen molar-refractivity contribution in [3.63, 3.8) is 0 Å². The molecule has 0 spiro atoms. The van der Waals surface area contributed by atoms with Crippen LogP contribution in [0.25, 0.3) is 0 Å². The first-order valence-electron chi connectivity index (χ1n) is 1.17. The minimum absolute atomic E-state index is 1.37. The summed E-state index contributed by atoms with van der Waals surface area (Å²) in [5.74, 6) is 0. The molecule has 0 aromatic heterocycles. The predicted molar refractivity (Wildman–Crippen MR) is 21.4 cm³/mol. The van der Waals surface area contributed by atoms with E-state index in [4.69, 9.17) is 0 Å². The highest BCUT2D eigenvalue weighted by molar-refractivity contribution is 7.40. The molecule has 31 valence electrons. The summed E-state index contributed by atoms with van der Waals surface area (Å²) in [6.45, 7) is 3.08. The molecule has 0 aliphatic carbocycles. The van der Waals surface area contributed by atoms with Crippen LogP contribution in [-0.4, -0.2) is 7.11 Å². The average molecular weight is 93.0 g/mol. The summed E-state index contributed by atoms with van der Waals surface area (Å²) in [6.07, 6.45) is 0. The van der Waals surface area contributed by atoms with Gasteiger partial charge in [-0.15, -0.1) is 0 Å². The first-order chi connectivity index (χ1) is 2.27. The van der Waals surface area contributed by atoms with Gasteiger partial charge in [-0.2, -0.15) is 0 Å². The average Bonchev–Trinajstić information content (AvgIpc) is 1.38. The fraction of sp³-hybridized carbons (Fsp3) is 0.500. The molecule has 1 atom stereocenters. The Morgan fingerprint density at radius 1 is 2.00 bits per heavy atom. The summed E-state index contributed by atoms with van der Waals surface area (Å²) < 4.78 is 13.8. The van der Waals surface area contributed by atoms with Crippen LogP contribution in [0.1, 0.15) is 0 Å². The van der Waals surface area contributed by atoms with Crippen molar-refractivity contribution < 1.29 is 9.09 Å². The maximum Gasteiger partial charge on any atom is 0.191 e. The molecular weight excluding hydrogens is 87.0 g/mol. The van der Waals surface area contributed by atoms with E-state index in [1.54, 1.807) is 0 Å². The number of hydrogen-bond acceptors (Lipinski definition) is 2. The van der Waals surface area contributed by atoms with Gasteiger partial charge in [-0.05, 0) is 0 Å². The van der Waals surface area contributed by atoms with E-state index in [9.17, 15) is 4.57 Å². The van der Waals surface area contributed by atoms with Crippen LogP contribution in [0, 0.1) is 6.66 Å². The monoisotopic (exact) mass is 93.0 g/mol. The molecule has 0 bridgehead atoms. The van der Waals surface area contributed by atoms with Gasteiger partial charge in [0.2, 0.25) is 0 Å². The second-order valence-corrected chi connectivity index (χ2v) is 1.73. The molecule has 0 rings (SSSR count). The van der Waals surface area contributed by atoms with Crippen LogP contribution < -0.4 is 0 Å². The van der Waals surface area contributed by atoms with Gasteiger partial charge in [0.25, 0.3) is 0 Å². The quantitative estimate of drug-likeness (QED) is 0.450. The molecule has 0 aromatic carbocycles. The second-order valence-electron chi connectivity index (χ2n) is 0.576. The summed E-state index contributed by atoms with van der Waals surface area (Å²) in [5, 5.41) is 0. The molecule has 0 aliphatic rings. The van der Waals surface area contributed by atoms with Crippen LogP contribution in [0.4, 0.5) is 0 Å². The summed E-state index contributed by atoms with van der Waals surface area (Å²) >= 11 is 0. The van der Waals surface area contributed by atoms with E-state index < -0.39 is 8.03 Å². The van der Waals surface area contributed by atoms with Crippen LogP contribution in [-0.2, 0) is 9.09 Å². The topological polar surface area (TPSA) is 26.3 Å². The van der Waals surface area contributed by atoms with Gasteiger partial charge in [-0.25, -0.2) is 0 Å². The zero-order valence-electron chi connectivity index (χ0n) is 3.02. The molecule has 0 saturated carbocycles. The van der Waals surface area contributed by atoms with Crippen LogP contribution in [0.15, 0.2) is 0 Å². The van der Waals surface area contributed by atoms with Crippen molar-refractivity contribution in [2.24, 2.45) is 0 Å². The Bertz CT molecular complexity index is 42.9.